The normalized spacial score (nSPS) is 21.1. The Bertz CT molecular complexity index is 464. The summed E-state index contributed by atoms with van der Waals surface area (Å²) in [4.78, 5) is 14.1. The van der Waals surface area contributed by atoms with Crippen LogP contribution in [0, 0.1) is 5.92 Å². The number of nitrogens with one attached hydrogen (secondary N) is 1. The van der Waals surface area contributed by atoms with E-state index in [4.69, 9.17) is 0 Å². The highest BCUT2D eigenvalue weighted by Gasteiger charge is 2.35. The van der Waals surface area contributed by atoms with E-state index < -0.39 is 0 Å². The summed E-state index contributed by atoms with van der Waals surface area (Å²) in [6.45, 7) is 11.3. The van der Waals surface area contributed by atoms with E-state index in [1.54, 1.807) is 0 Å². The maximum Gasteiger partial charge on any atom is 0.238 e. The smallest absolute Gasteiger partial charge is 0.238 e. The molecule has 3 nitrogen and oxygen atoms in total. The van der Waals surface area contributed by atoms with Crippen molar-refractivity contribution >= 4 is 5.91 Å². The molecule has 0 saturated carbocycles. The van der Waals surface area contributed by atoms with Gasteiger partial charge in [-0.2, -0.15) is 0 Å². The Morgan fingerprint density at radius 1 is 1.10 bits per heavy atom. The number of nitrogens with zero attached hydrogens (tertiary/aromatic N) is 1. The summed E-state index contributed by atoms with van der Waals surface area (Å²) in [7, 11) is 0. The van der Waals surface area contributed by atoms with Crippen LogP contribution >= 0.6 is 0 Å². The molecule has 1 amide bonds. The van der Waals surface area contributed by atoms with Crippen molar-refractivity contribution in [3.8, 4) is 0 Å². The molecular weight excluding hydrogens is 248 g/mol. The minimum atomic E-state index is 0.0149. The topological polar surface area (TPSA) is 32.3 Å². The van der Waals surface area contributed by atoms with Crippen LogP contribution in [0.15, 0.2) is 24.3 Å². The van der Waals surface area contributed by atoms with Crippen molar-refractivity contribution < 1.29 is 4.79 Å². The van der Waals surface area contributed by atoms with Gasteiger partial charge >= 0.3 is 0 Å². The molecule has 0 spiro atoms. The van der Waals surface area contributed by atoms with Crippen molar-refractivity contribution in [3.05, 3.63) is 35.4 Å². The van der Waals surface area contributed by atoms with Gasteiger partial charge < -0.3 is 4.90 Å². The average molecular weight is 274 g/mol. The van der Waals surface area contributed by atoms with Crippen molar-refractivity contribution in [2.24, 2.45) is 5.92 Å². The van der Waals surface area contributed by atoms with Crippen LogP contribution in [-0.2, 0) is 4.79 Å². The lowest BCUT2D eigenvalue weighted by Gasteiger charge is -2.33. The minimum absolute atomic E-state index is 0.0149. The number of hydrogen-bond acceptors (Lipinski definition) is 2. The molecule has 2 unspecified atom stereocenters. The van der Waals surface area contributed by atoms with Gasteiger partial charge in [-0.25, -0.2) is 0 Å². The van der Waals surface area contributed by atoms with Crippen LogP contribution in [0.2, 0.25) is 0 Å². The molecule has 1 saturated heterocycles. The molecule has 1 fully saturated rings. The van der Waals surface area contributed by atoms with Gasteiger partial charge in [-0.3, -0.25) is 10.1 Å². The molecule has 1 aromatic rings. The Kier molecular flexibility index (Phi) is 4.48. The number of hydrogen-bond donors (Lipinski definition) is 1. The van der Waals surface area contributed by atoms with Gasteiger partial charge in [-0.15, -0.1) is 0 Å². The monoisotopic (exact) mass is 274 g/mol. The number of carbonyl (C=O) groups excluding carboxylic acids is 1. The van der Waals surface area contributed by atoms with E-state index in [-0.39, 0.29) is 18.1 Å². The maximum atomic E-state index is 12.1. The fourth-order valence-corrected chi connectivity index (χ4v) is 2.64. The molecule has 3 heteroatoms. The van der Waals surface area contributed by atoms with Crippen molar-refractivity contribution in [1.29, 1.82) is 0 Å². The fraction of sp³-hybridized carbons (Fsp3) is 0.588. The van der Waals surface area contributed by atoms with Crippen LogP contribution in [0.1, 0.15) is 57.8 Å². The second kappa shape index (κ2) is 5.96. The summed E-state index contributed by atoms with van der Waals surface area (Å²) in [5.41, 5.74) is 2.51. The molecule has 0 bridgehead atoms. The Morgan fingerprint density at radius 2 is 1.70 bits per heavy atom. The highest BCUT2D eigenvalue weighted by Crippen LogP contribution is 2.28. The van der Waals surface area contributed by atoms with Gasteiger partial charge in [-0.1, -0.05) is 52.0 Å². The van der Waals surface area contributed by atoms with E-state index in [0.29, 0.717) is 18.4 Å². The molecule has 2 rings (SSSR count). The largest absolute Gasteiger partial charge is 0.319 e. The molecule has 20 heavy (non-hydrogen) atoms. The fourth-order valence-electron chi connectivity index (χ4n) is 2.64. The molecule has 0 aliphatic carbocycles. The summed E-state index contributed by atoms with van der Waals surface area (Å²) in [5.74, 6) is 1.19. The van der Waals surface area contributed by atoms with Crippen LogP contribution in [0.3, 0.4) is 0 Å². The first-order valence-corrected chi connectivity index (χ1v) is 7.56. The Balaban J connectivity index is 2.24. The van der Waals surface area contributed by atoms with Crippen LogP contribution < -0.4 is 5.32 Å². The van der Waals surface area contributed by atoms with E-state index in [1.165, 1.54) is 11.1 Å². The van der Waals surface area contributed by atoms with Gasteiger partial charge in [0, 0.05) is 6.04 Å². The molecule has 1 heterocycles. The predicted molar refractivity (Wildman–Crippen MR) is 82.4 cm³/mol. The first-order valence-electron chi connectivity index (χ1n) is 7.56. The van der Waals surface area contributed by atoms with Crippen LogP contribution in [0.5, 0.6) is 0 Å². The van der Waals surface area contributed by atoms with Crippen LogP contribution in [0.4, 0.5) is 0 Å². The summed E-state index contributed by atoms with van der Waals surface area (Å²) in [6.07, 6.45) is 0.0149. The zero-order valence-corrected chi connectivity index (χ0v) is 13.2. The van der Waals surface area contributed by atoms with Gasteiger partial charge in [-0.05, 0) is 29.9 Å². The highest BCUT2D eigenvalue weighted by molar-refractivity contribution is 5.81. The second-order valence-electron chi connectivity index (χ2n) is 6.39. The van der Waals surface area contributed by atoms with Crippen LogP contribution in [-0.4, -0.2) is 23.4 Å². The molecule has 2 atom stereocenters. The standard InChI is InChI=1S/C17H26N2O/c1-11(2)13(5)19-16(20)10-18-17(19)15-8-6-14(7-9-15)12(3)4/h6-9,11-13,17-18H,10H2,1-5H3. The number of benzene rings is 1. The first kappa shape index (κ1) is 15.0. The predicted octanol–water partition coefficient (Wildman–Crippen LogP) is 3.28. The zero-order valence-electron chi connectivity index (χ0n) is 13.2. The lowest BCUT2D eigenvalue weighted by molar-refractivity contribution is -0.130. The summed E-state index contributed by atoms with van der Waals surface area (Å²) in [5, 5.41) is 3.33. The Labute approximate surface area is 122 Å². The quantitative estimate of drug-likeness (QED) is 0.914. The molecule has 1 N–H and O–H groups in total. The number of carbonyl (C=O) groups is 1. The van der Waals surface area contributed by atoms with E-state index in [0.717, 1.165) is 0 Å². The minimum Gasteiger partial charge on any atom is -0.319 e. The summed E-state index contributed by atoms with van der Waals surface area (Å²) < 4.78 is 0. The van der Waals surface area contributed by atoms with Gasteiger partial charge in [0.2, 0.25) is 5.91 Å². The lowest BCUT2D eigenvalue weighted by atomic mass is 9.99. The molecule has 110 valence electrons. The molecular formula is C17H26N2O. The Morgan fingerprint density at radius 3 is 2.20 bits per heavy atom. The third-order valence-corrected chi connectivity index (χ3v) is 4.34. The first-order chi connectivity index (χ1) is 9.41. The van der Waals surface area contributed by atoms with Crippen molar-refractivity contribution in [1.82, 2.24) is 10.2 Å². The summed E-state index contributed by atoms with van der Waals surface area (Å²) in [6, 6.07) is 8.87. The zero-order chi connectivity index (χ0) is 14.9. The summed E-state index contributed by atoms with van der Waals surface area (Å²) >= 11 is 0. The van der Waals surface area contributed by atoms with E-state index >= 15 is 0 Å². The number of rotatable bonds is 4. The van der Waals surface area contributed by atoms with Crippen molar-refractivity contribution in [3.63, 3.8) is 0 Å². The highest BCUT2D eigenvalue weighted by atomic mass is 16.2. The van der Waals surface area contributed by atoms with Crippen molar-refractivity contribution in [2.45, 2.75) is 52.7 Å². The van der Waals surface area contributed by atoms with E-state index in [2.05, 4.69) is 64.2 Å². The van der Waals surface area contributed by atoms with E-state index in [1.807, 2.05) is 4.90 Å². The van der Waals surface area contributed by atoms with Gasteiger partial charge in [0.15, 0.2) is 0 Å². The third-order valence-electron chi connectivity index (χ3n) is 4.34. The van der Waals surface area contributed by atoms with Gasteiger partial charge in [0.1, 0.15) is 6.17 Å². The molecule has 0 radical (unpaired) electrons. The van der Waals surface area contributed by atoms with Gasteiger partial charge in [0.25, 0.3) is 0 Å². The second-order valence-corrected chi connectivity index (χ2v) is 6.39. The van der Waals surface area contributed by atoms with Crippen molar-refractivity contribution in [2.75, 3.05) is 6.54 Å². The van der Waals surface area contributed by atoms with Gasteiger partial charge in [0.05, 0.1) is 6.54 Å². The molecule has 1 aromatic carbocycles. The molecule has 1 aliphatic rings. The van der Waals surface area contributed by atoms with Crippen LogP contribution in [0.25, 0.3) is 0 Å². The maximum absolute atomic E-state index is 12.1. The number of amides is 1. The third kappa shape index (κ3) is 2.88. The Hall–Kier alpha value is -1.35. The molecule has 0 aromatic heterocycles. The molecule has 1 aliphatic heterocycles. The average Bonchev–Trinajstić information content (AvgIpc) is 2.79. The lowest BCUT2D eigenvalue weighted by Crippen LogP contribution is -2.40. The van der Waals surface area contributed by atoms with E-state index in [9.17, 15) is 4.79 Å². The SMILES string of the molecule is CC(C)c1ccc(C2NCC(=O)N2C(C)C(C)C)cc1.